The van der Waals surface area contributed by atoms with E-state index in [9.17, 15) is 8.42 Å². The van der Waals surface area contributed by atoms with Crippen molar-refractivity contribution < 1.29 is 17.9 Å². The van der Waals surface area contributed by atoms with Crippen molar-refractivity contribution in [1.82, 2.24) is 9.71 Å². The molecule has 7 nitrogen and oxygen atoms in total. The van der Waals surface area contributed by atoms with Crippen molar-refractivity contribution in [2.45, 2.75) is 43.2 Å². The summed E-state index contributed by atoms with van der Waals surface area (Å²) in [5, 5.41) is 0. The van der Waals surface area contributed by atoms with Crippen molar-refractivity contribution in [2.75, 3.05) is 18.7 Å². The monoisotopic (exact) mass is 389 g/mol. The Morgan fingerprint density at radius 3 is 2.67 bits per heavy atom. The number of pyridine rings is 1. The van der Waals surface area contributed by atoms with E-state index in [1.54, 1.807) is 12.1 Å². The van der Waals surface area contributed by atoms with Gasteiger partial charge < -0.3 is 14.4 Å². The van der Waals surface area contributed by atoms with Crippen LogP contribution in [0.1, 0.15) is 31.2 Å². The molecule has 144 valence electrons. The maximum absolute atomic E-state index is 12.5. The Morgan fingerprint density at radius 2 is 1.93 bits per heavy atom. The Kier molecular flexibility index (Phi) is 4.92. The third kappa shape index (κ3) is 4.01. The predicted molar refractivity (Wildman–Crippen MR) is 101 cm³/mol. The molecule has 27 heavy (non-hydrogen) atoms. The number of nitrogens with one attached hydrogen (secondary N) is 1. The lowest BCUT2D eigenvalue weighted by Crippen LogP contribution is -2.32. The lowest BCUT2D eigenvalue weighted by molar-refractivity contribution is 0.174. The van der Waals surface area contributed by atoms with Crippen LogP contribution in [0.5, 0.6) is 11.5 Å². The van der Waals surface area contributed by atoms with E-state index < -0.39 is 10.0 Å². The third-order valence-corrected chi connectivity index (χ3v) is 6.46. The van der Waals surface area contributed by atoms with Crippen molar-refractivity contribution in [3.8, 4) is 11.5 Å². The van der Waals surface area contributed by atoms with Gasteiger partial charge in [-0.15, -0.1) is 0 Å². The summed E-state index contributed by atoms with van der Waals surface area (Å²) in [5.74, 6) is 2.20. The van der Waals surface area contributed by atoms with Crippen molar-refractivity contribution in [2.24, 2.45) is 0 Å². The van der Waals surface area contributed by atoms with E-state index in [0.29, 0.717) is 12.4 Å². The van der Waals surface area contributed by atoms with Gasteiger partial charge in [-0.05, 0) is 42.7 Å². The largest absolute Gasteiger partial charge is 0.454 e. The van der Waals surface area contributed by atoms with Gasteiger partial charge in [-0.2, -0.15) is 0 Å². The lowest BCUT2D eigenvalue weighted by Gasteiger charge is -2.19. The first-order chi connectivity index (χ1) is 13.0. The minimum absolute atomic E-state index is 0.0448. The fourth-order valence-corrected chi connectivity index (χ4v) is 4.73. The summed E-state index contributed by atoms with van der Waals surface area (Å²) in [5.41, 5.74) is 1.06. The highest BCUT2D eigenvalue weighted by molar-refractivity contribution is 7.89. The summed E-state index contributed by atoms with van der Waals surface area (Å²) in [4.78, 5) is 6.50. The number of ether oxygens (including phenoxy) is 2. The van der Waals surface area contributed by atoms with E-state index in [1.165, 1.54) is 6.20 Å². The normalized spacial score (nSPS) is 16.6. The standard InChI is InChI=1S/C19H23N3O4S/c1-22(12-14-6-8-17-18(10-14)26-13-25-17)19-9-7-16(11-20-19)27(23,24)21-15-4-2-3-5-15/h6-11,15,21H,2-5,12-13H2,1H3. The molecule has 1 fully saturated rings. The molecule has 1 aliphatic heterocycles. The van der Waals surface area contributed by atoms with Crippen LogP contribution in [0.3, 0.4) is 0 Å². The average Bonchev–Trinajstić information content (AvgIpc) is 3.32. The first-order valence-electron chi connectivity index (χ1n) is 9.09. The number of rotatable bonds is 6. The molecule has 2 heterocycles. The van der Waals surface area contributed by atoms with Crippen LogP contribution >= 0.6 is 0 Å². The van der Waals surface area contributed by atoms with E-state index in [-0.39, 0.29) is 17.7 Å². The second-order valence-electron chi connectivity index (χ2n) is 7.00. The number of benzene rings is 1. The van der Waals surface area contributed by atoms with Crippen LogP contribution in [0, 0.1) is 0 Å². The molecule has 0 bridgehead atoms. The van der Waals surface area contributed by atoms with Crippen molar-refractivity contribution in [3.63, 3.8) is 0 Å². The summed E-state index contributed by atoms with van der Waals surface area (Å²) in [7, 11) is -1.60. The summed E-state index contributed by atoms with van der Waals surface area (Å²) in [6.07, 6.45) is 5.39. The topological polar surface area (TPSA) is 80.8 Å². The molecule has 0 spiro atoms. The van der Waals surface area contributed by atoms with E-state index >= 15 is 0 Å². The van der Waals surface area contributed by atoms with Crippen molar-refractivity contribution in [1.29, 1.82) is 0 Å². The number of aromatic nitrogens is 1. The summed E-state index contributed by atoms with van der Waals surface area (Å²) in [6.45, 7) is 0.872. The molecule has 1 aromatic heterocycles. The maximum atomic E-state index is 12.5. The van der Waals surface area contributed by atoms with Crippen molar-refractivity contribution >= 4 is 15.8 Å². The molecule has 2 aliphatic rings. The van der Waals surface area contributed by atoms with E-state index in [2.05, 4.69) is 9.71 Å². The molecule has 0 unspecified atom stereocenters. The SMILES string of the molecule is CN(Cc1ccc2c(c1)OCO2)c1ccc(S(=O)(=O)NC2CCCC2)cn1. The Labute approximate surface area is 159 Å². The number of sulfonamides is 1. The molecular formula is C19H23N3O4S. The highest BCUT2D eigenvalue weighted by Crippen LogP contribution is 2.33. The maximum Gasteiger partial charge on any atom is 0.242 e. The van der Waals surface area contributed by atoms with Gasteiger partial charge in [-0.25, -0.2) is 18.1 Å². The number of anilines is 1. The predicted octanol–water partition coefficient (Wildman–Crippen LogP) is 2.67. The Morgan fingerprint density at radius 1 is 1.15 bits per heavy atom. The molecule has 0 radical (unpaired) electrons. The van der Waals surface area contributed by atoms with Gasteiger partial charge in [0.25, 0.3) is 0 Å². The van der Waals surface area contributed by atoms with Gasteiger partial charge in [0.15, 0.2) is 11.5 Å². The lowest BCUT2D eigenvalue weighted by atomic mass is 10.2. The van der Waals surface area contributed by atoms with E-state index in [0.717, 1.165) is 42.7 Å². The number of nitrogens with zero attached hydrogens (tertiary/aromatic N) is 2. The third-order valence-electron chi connectivity index (χ3n) is 4.96. The van der Waals surface area contributed by atoms with E-state index in [1.807, 2.05) is 30.1 Å². The summed E-state index contributed by atoms with van der Waals surface area (Å²) < 4.78 is 38.5. The summed E-state index contributed by atoms with van der Waals surface area (Å²) in [6, 6.07) is 9.20. The first-order valence-corrected chi connectivity index (χ1v) is 10.6. The van der Waals surface area contributed by atoms with Gasteiger partial charge in [0.1, 0.15) is 10.7 Å². The van der Waals surface area contributed by atoms with Crippen LogP contribution in [0.15, 0.2) is 41.4 Å². The minimum atomic E-state index is -3.51. The molecule has 1 N–H and O–H groups in total. The fourth-order valence-electron chi connectivity index (χ4n) is 3.48. The van der Waals surface area contributed by atoms with Gasteiger partial charge in [-0.1, -0.05) is 18.9 Å². The molecule has 0 amide bonds. The smallest absolute Gasteiger partial charge is 0.242 e. The second-order valence-corrected chi connectivity index (χ2v) is 8.71. The number of hydrogen-bond acceptors (Lipinski definition) is 6. The second kappa shape index (κ2) is 7.36. The quantitative estimate of drug-likeness (QED) is 0.818. The molecule has 8 heteroatoms. The van der Waals surface area contributed by atoms with Crippen LogP contribution < -0.4 is 19.1 Å². The van der Waals surface area contributed by atoms with Gasteiger partial charge in [0.05, 0.1) is 0 Å². The zero-order chi connectivity index (χ0) is 18.9. The molecule has 1 saturated carbocycles. The van der Waals surface area contributed by atoms with Crippen LogP contribution in [0.2, 0.25) is 0 Å². The first kappa shape index (κ1) is 18.1. The molecule has 1 aromatic carbocycles. The van der Waals surface area contributed by atoms with Crippen LogP contribution in [-0.4, -0.2) is 33.3 Å². The molecule has 0 saturated heterocycles. The highest BCUT2D eigenvalue weighted by atomic mass is 32.2. The molecule has 4 rings (SSSR count). The molecular weight excluding hydrogens is 366 g/mol. The number of hydrogen-bond donors (Lipinski definition) is 1. The van der Waals surface area contributed by atoms with Crippen LogP contribution in [0.25, 0.3) is 0 Å². The number of fused-ring (bicyclic) bond motifs is 1. The van der Waals surface area contributed by atoms with Gasteiger partial charge >= 0.3 is 0 Å². The van der Waals surface area contributed by atoms with Crippen LogP contribution in [-0.2, 0) is 16.6 Å². The minimum Gasteiger partial charge on any atom is -0.454 e. The molecule has 1 aliphatic carbocycles. The molecule has 0 atom stereocenters. The van der Waals surface area contributed by atoms with Crippen molar-refractivity contribution in [3.05, 3.63) is 42.1 Å². The Bertz CT molecular complexity index is 909. The zero-order valence-electron chi connectivity index (χ0n) is 15.2. The van der Waals surface area contributed by atoms with Crippen LogP contribution in [0.4, 0.5) is 5.82 Å². The molecule has 2 aromatic rings. The van der Waals surface area contributed by atoms with E-state index in [4.69, 9.17) is 9.47 Å². The Balaban J connectivity index is 1.43. The van der Waals surface area contributed by atoms with Gasteiger partial charge in [0, 0.05) is 25.8 Å². The fraction of sp³-hybridized carbons (Fsp3) is 0.421. The zero-order valence-corrected chi connectivity index (χ0v) is 16.0. The average molecular weight is 389 g/mol. The van der Waals surface area contributed by atoms with Gasteiger partial charge in [-0.3, -0.25) is 0 Å². The Hall–Kier alpha value is -2.32. The summed E-state index contributed by atoms with van der Waals surface area (Å²) >= 11 is 0. The van der Waals surface area contributed by atoms with Gasteiger partial charge in [0.2, 0.25) is 16.8 Å². The highest BCUT2D eigenvalue weighted by Gasteiger charge is 2.23.